The number of rotatable bonds is 3. The predicted molar refractivity (Wildman–Crippen MR) is 87.9 cm³/mol. The minimum atomic E-state index is -0.152. The molecule has 114 valence electrons. The van der Waals surface area contributed by atoms with Crippen LogP contribution in [0.5, 0.6) is 0 Å². The number of nitrogens with two attached hydrogens (primary N) is 1. The summed E-state index contributed by atoms with van der Waals surface area (Å²) < 4.78 is 11.6. The van der Waals surface area contributed by atoms with Gasteiger partial charge in [0.05, 0.1) is 13.2 Å². The smallest absolute Gasteiger partial charge is 0.159 e. The van der Waals surface area contributed by atoms with Crippen LogP contribution in [0.15, 0.2) is 42.5 Å². The van der Waals surface area contributed by atoms with Crippen molar-refractivity contribution in [3.8, 4) is 0 Å². The molecule has 4 heteroatoms. The van der Waals surface area contributed by atoms with Crippen molar-refractivity contribution < 1.29 is 9.47 Å². The fourth-order valence-corrected chi connectivity index (χ4v) is 2.77. The Morgan fingerprint density at radius 3 is 2.48 bits per heavy atom. The number of benzene rings is 2. The van der Waals surface area contributed by atoms with E-state index < -0.39 is 0 Å². The summed E-state index contributed by atoms with van der Waals surface area (Å²) in [6.45, 7) is 3.38. The van der Waals surface area contributed by atoms with E-state index in [1.807, 2.05) is 6.92 Å². The van der Waals surface area contributed by atoms with E-state index in [4.69, 9.17) is 15.2 Å². The van der Waals surface area contributed by atoms with Crippen molar-refractivity contribution in [3.63, 3.8) is 0 Å². The molecule has 3 rings (SSSR count). The van der Waals surface area contributed by atoms with Crippen molar-refractivity contribution in [2.75, 3.05) is 13.2 Å². The van der Waals surface area contributed by atoms with Gasteiger partial charge in [0.2, 0.25) is 0 Å². The lowest BCUT2D eigenvalue weighted by Crippen LogP contribution is -2.34. The minimum absolute atomic E-state index is 0. The fraction of sp³-hybridized carbons (Fsp3) is 0.412. The Balaban J connectivity index is 0.00000161. The standard InChI is InChI=1S/C17H21NO2.ClH/c1-12(18)9-17-19-10-14(11-20-17)16-8-4-6-13-5-2-3-7-15(13)16;/h2-8,12,14,17H,9-11,18H2,1H3;1H. The average Bonchev–Trinajstić information content (AvgIpc) is 2.47. The van der Waals surface area contributed by atoms with Crippen molar-refractivity contribution in [1.29, 1.82) is 0 Å². The molecule has 1 heterocycles. The van der Waals surface area contributed by atoms with E-state index in [1.54, 1.807) is 0 Å². The second kappa shape index (κ2) is 7.23. The Hall–Kier alpha value is -1.13. The number of halogens is 1. The molecule has 0 amide bonds. The maximum Gasteiger partial charge on any atom is 0.159 e. The zero-order valence-corrected chi connectivity index (χ0v) is 13.0. The zero-order chi connectivity index (χ0) is 13.9. The lowest BCUT2D eigenvalue weighted by Gasteiger charge is -2.31. The van der Waals surface area contributed by atoms with Gasteiger partial charge in [0.1, 0.15) is 0 Å². The van der Waals surface area contributed by atoms with Gasteiger partial charge in [-0.1, -0.05) is 42.5 Å². The summed E-state index contributed by atoms with van der Waals surface area (Å²) in [6.07, 6.45) is 0.601. The van der Waals surface area contributed by atoms with Crippen molar-refractivity contribution in [2.24, 2.45) is 5.73 Å². The first-order chi connectivity index (χ1) is 9.74. The molecule has 1 unspecified atom stereocenters. The molecule has 0 aliphatic carbocycles. The molecule has 0 bridgehead atoms. The summed E-state index contributed by atoms with van der Waals surface area (Å²) in [5.74, 6) is 0.297. The molecule has 1 aliphatic heterocycles. The highest BCUT2D eigenvalue weighted by atomic mass is 35.5. The maximum absolute atomic E-state index is 5.80. The molecule has 0 aromatic heterocycles. The second-order valence-electron chi connectivity index (χ2n) is 5.57. The van der Waals surface area contributed by atoms with Gasteiger partial charge < -0.3 is 15.2 Å². The zero-order valence-electron chi connectivity index (χ0n) is 12.2. The molecule has 1 saturated heterocycles. The van der Waals surface area contributed by atoms with Crippen LogP contribution < -0.4 is 5.73 Å². The summed E-state index contributed by atoms with van der Waals surface area (Å²) >= 11 is 0. The van der Waals surface area contributed by atoms with Gasteiger partial charge >= 0.3 is 0 Å². The highest BCUT2D eigenvalue weighted by Crippen LogP contribution is 2.29. The van der Waals surface area contributed by atoms with Gasteiger partial charge in [0.15, 0.2) is 6.29 Å². The Labute approximate surface area is 131 Å². The topological polar surface area (TPSA) is 44.5 Å². The monoisotopic (exact) mass is 307 g/mol. The third kappa shape index (κ3) is 3.74. The molecule has 3 nitrogen and oxygen atoms in total. The SMILES string of the molecule is CC(N)CC1OCC(c2cccc3ccccc23)CO1.Cl. The molecule has 2 aromatic carbocycles. The van der Waals surface area contributed by atoms with Crippen LogP contribution in [0.2, 0.25) is 0 Å². The van der Waals surface area contributed by atoms with Crippen LogP contribution in [0.1, 0.15) is 24.8 Å². The van der Waals surface area contributed by atoms with Crippen LogP contribution >= 0.6 is 12.4 Å². The largest absolute Gasteiger partial charge is 0.352 e. The van der Waals surface area contributed by atoms with Gasteiger partial charge in [-0.2, -0.15) is 0 Å². The van der Waals surface area contributed by atoms with Crippen molar-refractivity contribution in [1.82, 2.24) is 0 Å². The summed E-state index contributed by atoms with van der Waals surface area (Å²) in [7, 11) is 0. The summed E-state index contributed by atoms with van der Waals surface area (Å²) in [5, 5.41) is 2.56. The molecule has 0 spiro atoms. The third-order valence-corrected chi connectivity index (χ3v) is 3.79. The van der Waals surface area contributed by atoms with E-state index in [2.05, 4.69) is 42.5 Å². The number of hydrogen-bond donors (Lipinski definition) is 1. The van der Waals surface area contributed by atoms with E-state index in [0.29, 0.717) is 19.1 Å². The summed E-state index contributed by atoms with van der Waals surface area (Å²) in [5.41, 5.74) is 7.09. The molecule has 21 heavy (non-hydrogen) atoms. The van der Waals surface area contributed by atoms with Gasteiger partial charge in [-0.3, -0.25) is 0 Å². The van der Waals surface area contributed by atoms with E-state index >= 15 is 0 Å². The highest BCUT2D eigenvalue weighted by molar-refractivity contribution is 5.86. The van der Waals surface area contributed by atoms with Crippen LogP contribution in [-0.4, -0.2) is 25.5 Å². The minimum Gasteiger partial charge on any atom is -0.352 e. The van der Waals surface area contributed by atoms with Crippen molar-refractivity contribution in [2.45, 2.75) is 31.6 Å². The van der Waals surface area contributed by atoms with Crippen LogP contribution in [0, 0.1) is 0 Å². The Morgan fingerprint density at radius 2 is 1.76 bits per heavy atom. The first kappa shape index (κ1) is 16.2. The van der Waals surface area contributed by atoms with Gasteiger partial charge in [-0.15, -0.1) is 12.4 Å². The van der Waals surface area contributed by atoms with Crippen molar-refractivity contribution >= 4 is 23.2 Å². The first-order valence-electron chi connectivity index (χ1n) is 7.20. The molecule has 0 radical (unpaired) electrons. The Bertz CT molecular complexity index is 575. The fourth-order valence-electron chi connectivity index (χ4n) is 2.77. The van der Waals surface area contributed by atoms with E-state index in [0.717, 1.165) is 6.42 Å². The van der Waals surface area contributed by atoms with E-state index in [-0.39, 0.29) is 24.7 Å². The molecular formula is C17H22ClNO2. The van der Waals surface area contributed by atoms with E-state index in [1.165, 1.54) is 16.3 Å². The normalized spacial score (nSPS) is 23.5. The third-order valence-electron chi connectivity index (χ3n) is 3.79. The molecule has 2 N–H and O–H groups in total. The van der Waals surface area contributed by atoms with Crippen molar-refractivity contribution in [3.05, 3.63) is 48.0 Å². The summed E-state index contributed by atoms with van der Waals surface area (Å²) in [4.78, 5) is 0. The van der Waals surface area contributed by atoms with Gasteiger partial charge in [0.25, 0.3) is 0 Å². The lowest BCUT2D eigenvalue weighted by molar-refractivity contribution is -0.190. The van der Waals surface area contributed by atoms with Gasteiger partial charge in [-0.05, 0) is 23.3 Å². The highest BCUT2D eigenvalue weighted by Gasteiger charge is 2.25. The Kier molecular flexibility index (Phi) is 5.59. The molecule has 1 fully saturated rings. The first-order valence-corrected chi connectivity index (χ1v) is 7.20. The Morgan fingerprint density at radius 1 is 1.10 bits per heavy atom. The van der Waals surface area contributed by atoms with E-state index in [9.17, 15) is 0 Å². The molecule has 0 saturated carbocycles. The number of fused-ring (bicyclic) bond motifs is 1. The van der Waals surface area contributed by atoms with Gasteiger partial charge in [-0.25, -0.2) is 0 Å². The van der Waals surface area contributed by atoms with Crippen LogP contribution in [0.25, 0.3) is 10.8 Å². The predicted octanol–water partition coefficient (Wildman–Crippen LogP) is 3.46. The number of ether oxygens (including phenoxy) is 2. The molecule has 2 aromatic rings. The van der Waals surface area contributed by atoms with Crippen LogP contribution in [-0.2, 0) is 9.47 Å². The molecular weight excluding hydrogens is 286 g/mol. The van der Waals surface area contributed by atoms with Crippen LogP contribution in [0.4, 0.5) is 0 Å². The van der Waals surface area contributed by atoms with Crippen LogP contribution in [0.3, 0.4) is 0 Å². The number of hydrogen-bond acceptors (Lipinski definition) is 3. The maximum atomic E-state index is 5.80. The summed E-state index contributed by atoms with van der Waals surface area (Å²) in [6, 6.07) is 15.0. The lowest BCUT2D eigenvalue weighted by atomic mass is 9.94. The molecule has 1 aliphatic rings. The average molecular weight is 308 g/mol. The quantitative estimate of drug-likeness (QED) is 0.944. The molecule has 1 atom stereocenters. The second-order valence-corrected chi connectivity index (χ2v) is 5.57. The van der Waals surface area contributed by atoms with Gasteiger partial charge in [0, 0.05) is 18.4 Å².